The van der Waals surface area contributed by atoms with Gasteiger partial charge in [0.2, 0.25) is 5.91 Å². The van der Waals surface area contributed by atoms with E-state index in [1.54, 1.807) is 6.07 Å². The van der Waals surface area contributed by atoms with Crippen LogP contribution >= 0.6 is 0 Å². The van der Waals surface area contributed by atoms with Gasteiger partial charge in [0.1, 0.15) is 5.82 Å². The fourth-order valence-corrected chi connectivity index (χ4v) is 3.33. The van der Waals surface area contributed by atoms with Crippen LogP contribution < -0.4 is 5.32 Å². The molecule has 3 rings (SSSR count). The van der Waals surface area contributed by atoms with E-state index in [0.29, 0.717) is 12.1 Å². The number of nitrogens with one attached hydrogen (secondary N) is 1. The third-order valence-corrected chi connectivity index (χ3v) is 4.38. The molecule has 108 valence electrons. The summed E-state index contributed by atoms with van der Waals surface area (Å²) in [4.78, 5) is 14.8. The first-order valence-electron chi connectivity index (χ1n) is 7.33. The number of benzene rings is 1. The van der Waals surface area contributed by atoms with Crippen LogP contribution in [0.2, 0.25) is 0 Å². The fraction of sp³-hybridized carbons (Fsp3) is 0.562. The second-order valence-corrected chi connectivity index (χ2v) is 6.27. The highest BCUT2D eigenvalue weighted by Crippen LogP contribution is 2.49. The first kappa shape index (κ1) is 13.6. The first-order valence-corrected chi connectivity index (χ1v) is 7.33. The van der Waals surface area contributed by atoms with Gasteiger partial charge in [0.25, 0.3) is 0 Å². The van der Waals surface area contributed by atoms with Crippen molar-refractivity contribution in [2.24, 2.45) is 0 Å². The van der Waals surface area contributed by atoms with Crippen molar-refractivity contribution in [3.05, 3.63) is 35.6 Å². The molecule has 2 atom stereocenters. The van der Waals surface area contributed by atoms with Crippen LogP contribution in [0.4, 0.5) is 4.39 Å². The van der Waals surface area contributed by atoms with Gasteiger partial charge in [-0.1, -0.05) is 12.1 Å². The van der Waals surface area contributed by atoms with E-state index in [0.717, 1.165) is 31.5 Å². The number of amides is 1. The van der Waals surface area contributed by atoms with Gasteiger partial charge in [-0.05, 0) is 44.4 Å². The summed E-state index contributed by atoms with van der Waals surface area (Å²) in [5.41, 5.74) is 0.375. The van der Waals surface area contributed by atoms with E-state index in [-0.39, 0.29) is 11.7 Å². The lowest BCUT2D eigenvalue weighted by Crippen LogP contribution is -2.57. The Balaban J connectivity index is 1.83. The molecule has 1 aliphatic carbocycles. The molecule has 1 saturated heterocycles. The normalized spacial score (nSPS) is 28.2. The highest BCUT2D eigenvalue weighted by atomic mass is 19.1. The van der Waals surface area contributed by atoms with Gasteiger partial charge in [-0.25, -0.2) is 4.39 Å². The maximum atomic E-state index is 13.4. The van der Waals surface area contributed by atoms with Gasteiger partial charge in [-0.15, -0.1) is 0 Å². The molecule has 20 heavy (non-hydrogen) atoms. The number of halogens is 1. The minimum absolute atomic E-state index is 0.170. The molecule has 0 unspecified atom stereocenters. The van der Waals surface area contributed by atoms with Crippen LogP contribution in [-0.2, 0) is 10.2 Å². The van der Waals surface area contributed by atoms with Crippen molar-refractivity contribution in [3.63, 3.8) is 0 Å². The summed E-state index contributed by atoms with van der Waals surface area (Å²) in [5, 5.41) is 3.43. The third-order valence-electron chi connectivity index (χ3n) is 4.38. The molecule has 1 aromatic rings. The van der Waals surface area contributed by atoms with Crippen LogP contribution in [0.15, 0.2) is 24.3 Å². The number of piperazine rings is 1. The Hall–Kier alpha value is -1.42. The lowest BCUT2D eigenvalue weighted by Gasteiger charge is -2.38. The second-order valence-electron chi connectivity index (χ2n) is 6.27. The van der Waals surface area contributed by atoms with Crippen molar-refractivity contribution < 1.29 is 9.18 Å². The van der Waals surface area contributed by atoms with E-state index in [9.17, 15) is 9.18 Å². The molecule has 0 spiro atoms. The molecular weight excluding hydrogens is 255 g/mol. The van der Waals surface area contributed by atoms with Crippen molar-refractivity contribution in [2.45, 2.75) is 44.2 Å². The van der Waals surface area contributed by atoms with E-state index in [2.05, 4.69) is 19.2 Å². The Bertz CT molecular complexity index is 517. The lowest BCUT2D eigenvalue weighted by molar-refractivity contribution is -0.135. The smallest absolute Gasteiger partial charge is 0.233 e. The van der Waals surface area contributed by atoms with Crippen LogP contribution in [0.25, 0.3) is 0 Å². The van der Waals surface area contributed by atoms with Crippen molar-refractivity contribution in [2.75, 3.05) is 13.1 Å². The van der Waals surface area contributed by atoms with E-state index in [1.165, 1.54) is 12.1 Å². The van der Waals surface area contributed by atoms with Crippen LogP contribution in [0, 0.1) is 5.82 Å². The summed E-state index contributed by atoms with van der Waals surface area (Å²) in [6.45, 7) is 5.66. The molecule has 4 heteroatoms. The van der Waals surface area contributed by atoms with Crippen molar-refractivity contribution in [3.8, 4) is 0 Å². The van der Waals surface area contributed by atoms with Gasteiger partial charge >= 0.3 is 0 Å². The highest BCUT2D eigenvalue weighted by molar-refractivity contribution is 5.91. The highest BCUT2D eigenvalue weighted by Gasteiger charge is 2.53. The van der Waals surface area contributed by atoms with Crippen LogP contribution in [0.5, 0.6) is 0 Å². The molecule has 0 bridgehead atoms. The average molecular weight is 276 g/mol. The summed E-state index contributed by atoms with van der Waals surface area (Å²) in [5.74, 6) is -0.0908. The number of rotatable bonds is 2. The molecule has 1 N–H and O–H groups in total. The molecule has 2 fully saturated rings. The minimum Gasteiger partial charge on any atom is -0.339 e. The maximum Gasteiger partial charge on any atom is 0.233 e. The zero-order valence-corrected chi connectivity index (χ0v) is 12.0. The minimum atomic E-state index is -0.459. The molecule has 1 aliphatic heterocycles. The molecule has 3 nitrogen and oxygen atoms in total. The summed E-state index contributed by atoms with van der Waals surface area (Å²) in [7, 11) is 0. The number of carbonyl (C=O) groups is 1. The summed E-state index contributed by atoms with van der Waals surface area (Å²) in [6, 6.07) is 7.14. The van der Waals surface area contributed by atoms with Gasteiger partial charge in [-0.3, -0.25) is 4.79 Å². The number of nitrogens with zero attached hydrogens (tertiary/aromatic N) is 1. The molecule has 2 aliphatic rings. The quantitative estimate of drug-likeness (QED) is 0.897. The Kier molecular flexibility index (Phi) is 3.28. The number of hydrogen-bond donors (Lipinski definition) is 1. The molecule has 0 aromatic heterocycles. The van der Waals surface area contributed by atoms with Gasteiger partial charge < -0.3 is 10.2 Å². The Morgan fingerprint density at radius 1 is 1.30 bits per heavy atom. The topological polar surface area (TPSA) is 32.3 Å². The van der Waals surface area contributed by atoms with Crippen molar-refractivity contribution in [1.29, 1.82) is 0 Å². The van der Waals surface area contributed by atoms with Crippen LogP contribution in [-0.4, -0.2) is 36.0 Å². The first-order chi connectivity index (χ1) is 9.51. The fourth-order valence-electron chi connectivity index (χ4n) is 3.33. The molecule has 1 heterocycles. The van der Waals surface area contributed by atoms with Gasteiger partial charge in [0.05, 0.1) is 5.41 Å². The molecule has 1 aromatic carbocycles. The van der Waals surface area contributed by atoms with Crippen molar-refractivity contribution >= 4 is 5.91 Å². The maximum absolute atomic E-state index is 13.4. The number of carbonyl (C=O) groups excluding carboxylic acids is 1. The van der Waals surface area contributed by atoms with Gasteiger partial charge in [0.15, 0.2) is 0 Å². The Morgan fingerprint density at radius 3 is 2.50 bits per heavy atom. The zero-order chi connectivity index (χ0) is 14.3. The molecule has 1 amide bonds. The predicted octanol–water partition coefficient (Wildman–Crippen LogP) is 2.07. The van der Waals surface area contributed by atoms with E-state index >= 15 is 0 Å². The average Bonchev–Trinajstić information content (AvgIpc) is 3.18. The largest absolute Gasteiger partial charge is 0.339 e. The number of hydrogen-bond acceptors (Lipinski definition) is 2. The molecule has 1 saturated carbocycles. The van der Waals surface area contributed by atoms with Crippen LogP contribution in [0.1, 0.15) is 32.3 Å². The predicted molar refractivity (Wildman–Crippen MR) is 76.0 cm³/mol. The van der Waals surface area contributed by atoms with Gasteiger partial charge in [-0.2, -0.15) is 0 Å². The van der Waals surface area contributed by atoms with Gasteiger partial charge in [0, 0.05) is 25.2 Å². The Labute approximate surface area is 119 Å². The Morgan fingerprint density at radius 2 is 1.95 bits per heavy atom. The van der Waals surface area contributed by atoms with E-state index < -0.39 is 5.41 Å². The summed E-state index contributed by atoms with van der Waals surface area (Å²) < 4.78 is 13.4. The lowest BCUT2D eigenvalue weighted by atomic mass is 9.93. The van der Waals surface area contributed by atoms with Crippen molar-refractivity contribution in [1.82, 2.24) is 10.2 Å². The monoisotopic (exact) mass is 276 g/mol. The van der Waals surface area contributed by atoms with E-state index in [1.807, 2.05) is 11.0 Å². The summed E-state index contributed by atoms with van der Waals surface area (Å²) >= 11 is 0. The zero-order valence-electron chi connectivity index (χ0n) is 12.0. The van der Waals surface area contributed by atoms with Crippen LogP contribution in [0.3, 0.4) is 0 Å². The third kappa shape index (κ3) is 2.33. The standard InChI is InChI=1S/C16H21FN2O/c1-11-9-19(10-12(2)18-11)15(20)16(6-7-16)13-4-3-5-14(17)8-13/h3-5,8,11-12,18H,6-7,9-10H2,1-2H3/t11-,12-/m0/s1. The second kappa shape index (κ2) is 4.85. The molecular formula is C16H21FN2O. The summed E-state index contributed by atoms with van der Waals surface area (Å²) in [6.07, 6.45) is 1.67. The SMILES string of the molecule is C[C@H]1CN(C(=O)C2(c3cccc(F)c3)CC2)C[C@H](C)N1. The van der Waals surface area contributed by atoms with E-state index in [4.69, 9.17) is 0 Å². The molecule has 0 radical (unpaired) electrons.